The van der Waals surface area contributed by atoms with Crippen LogP contribution in [-0.4, -0.2) is 30.6 Å². The number of benzene rings is 1. The summed E-state index contributed by atoms with van der Waals surface area (Å²) >= 11 is 0. The van der Waals surface area contributed by atoms with Gasteiger partial charge in [-0.2, -0.15) is 0 Å². The minimum absolute atomic E-state index is 0.679. The van der Waals surface area contributed by atoms with Crippen LogP contribution in [0.4, 0.5) is 0 Å². The summed E-state index contributed by atoms with van der Waals surface area (Å²) in [6, 6.07) is 10.4. The minimum atomic E-state index is 0.679. The Morgan fingerprint density at radius 2 is 2.17 bits per heavy atom. The van der Waals surface area contributed by atoms with Gasteiger partial charge in [0.05, 0.1) is 0 Å². The number of aryl methyl sites for hydroxylation is 1. The maximum atomic E-state index is 3.60. The molecule has 1 aliphatic heterocycles. The van der Waals surface area contributed by atoms with Crippen LogP contribution in [0.1, 0.15) is 43.4 Å². The van der Waals surface area contributed by atoms with Gasteiger partial charge in [0, 0.05) is 25.2 Å². The average Bonchev–Trinajstić information content (AvgIpc) is 2.87. The number of likely N-dealkylation sites (tertiary alicyclic amines) is 1. The molecule has 2 aliphatic rings. The molecular formula is C16H24N2. The van der Waals surface area contributed by atoms with E-state index < -0.39 is 0 Å². The van der Waals surface area contributed by atoms with E-state index in [-0.39, 0.29) is 0 Å². The molecule has 1 aliphatic carbocycles. The van der Waals surface area contributed by atoms with Gasteiger partial charge >= 0.3 is 0 Å². The fraction of sp³-hybridized carbons (Fsp3) is 0.625. The van der Waals surface area contributed by atoms with E-state index >= 15 is 0 Å². The van der Waals surface area contributed by atoms with Crippen molar-refractivity contribution in [2.75, 3.05) is 19.6 Å². The Morgan fingerprint density at radius 3 is 3.06 bits per heavy atom. The number of hydrogen-bond donors (Lipinski definition) is 1. The molecule has 98 valence electrons. The average molecular weight is 244 g/mol. The van der Waals surface area contributed by atoms with Crippen LogP contribution in [0.5, 0.6) is 0 Å². The SMILES string of the molecule is CCNC1CCN(C2CCCc3ccccc32)C1. The van der Waals surface area contributed by atoms with Crippen molar-refractivity contribution in [3.8, 4) is 0 Å². The molecule has 2 heteroatoms. The largest absolute Gasteiger partial charge is 0.313 e. The lowest BCUT2D eigenvalue weighted by molar-refractivity contribution is 0.216. The number of nitrogens with zero attached hydrogens (tertiary/aromatic N) is 1. The minimum Gasteiger partial charge on any atom is -0.313 e. The molecule has 1 N–H and O–H groups in total. The van der Waals surface area contributed by atoms with Crippen LogP contribution in [0.15, 0.2) is 24.3 Å². The first-order chi connectivity index (χ1) is 8.88. The van der Waals surface area contributed by atoms with Crippen LogP contribution in [0.25, 0.3) is 0 Å². The van der Waals surface area contributed by atoms with E-state index in [1.54, 1.807) is 11.1 Å². The van der Waals surface area contributed by atoms with Crippen LogP contribution in [-0.2, 0) is 6.42 Å². The Bertz CT molecular complexity index is 402. The van der Waals surface area contributed by atoms with Gasteiger partial charge in [-0.15, -0.1) is 0 Å². The molecule has 0 aromatic heterocycles. The fourth-order valence-corrected chi connectivity index (χ4v) is 3.63. The molecule has 18 heavy (non-hydrogen) atoms. The van der Waals surface area contributed by atoms with Crippen molar-refractivity contribution in [2.45, 2.75) is 44.7 Å². The standard InChI is InChI=1S/C16H24N2/c1-2-17-14-10-11-18(12-14)16-9-5-7-13-6-3-4-8-15(13)16/h3-4,6,8,14,16-17H,2,5,7,9-12H2,1H3. The van der Waals surface area contributed by atoms with Crippen molar-refractivity contribution in [1.29, 1.82) is 0 Å². The lowest BCUT2D eigenvalue weighted by Gasteiger charge is -2.33. The summed E-state index contributed by atoms with van der Waals surface area (Å²) in [5, 5.41) is 3.60. The van der Waals surface area contributed by atoms with Gasteiger partial charge < -0.3 is 5.32 Å². The number of hydrogen-bond acceptors (Lipinski definition) is 2. The van der Waals surface area contributed by atoms with Crippen molar-refractivity contribution >= 4 is 0 Å². The Hall–Kier alpha value is -0.860. The van der Waals surface area contributed by atoms with Crippen LogP contribution in [0.2, 0.25) is 0 Å². The van der Waals surface area contributed by atoms with Gasteiger partial charge in [0.15, 0.2) is 0 Å². The first-order valence-electron chi connectivity index (χ1n) is 7.43. The van der Waals surface area contributed by atoms with Crippen molar-refractivity contribution < 1.29 is 0 Å². The highest BCUT2D eigenvalue weighted by atomic mass is 15.2. The van der Waals surface area contributed by atoms with Gasteiger partial charge in [0.1, 0.15) is 0 Å². The van der Waals surface area contributed by atoms with Crippen LogP contribution >= 0.6 is 0 Å². The van der Waals surface area contributed by atoms with E-state index in [9.17, 15) is 0 Å². The molecule has 1 fully saturated rings. The van der Waals surface area contributed by atoms with Crippen LogP contribution in [0.3, 0.4) is 0 Å². The lowest BCUT2D eigenvalue weighted by atomic mass is 9.87. The Kier molecular flexibility index (Phi) is 3.67. The normalized spacial score (nSPS) is 28.3. The van der Waals surface area contributed by atoms with Crippen molar-refractivity contribution in [2.24, 2.45) is 0 Å². The van der Waals surface area contributed by atoms with E-state index in [1.807, 2.05) is 0 Å². The Morgan fingerprint density at radius 1 is 1.28 bits per heavy atom. The van der Waals surface area contributed by atoms with E-state index in [2.05, 4.69) is 41.4 Å². The summed E-state index contributed by atoms with van der Waals surface area (Å²) in [6.07, 6.45) is 5.28. The smallest absolute Gasteiger partial charge is 0.0351 e. The molecule has 1 aromatic rings. The second-order valence-electron chi connectivity index (χ2n) is 5.65. The monoisotopic (exact) mass is 244 g/mol. The molecule has 0 spiro atoms. The number of fused-ring (bicyclic) bond motifs is 1. The van der Waals surface area contributed by atoms with Crippen molar-refractivity contribution in [3.05, 3.63) is 35.4 Å². The van der Waals surface area contributed by atoms with E-state index in [0.717, 1.165) is 6.54 Å². The third kappa shape index (κ3) is 2.32. The van der Waals surface area contributed by atoms with Crippen LogP contribution in [0, 0.1) is 0 Å². The number of rotatable bonds is 3. The van der Waals surface area contributed by atoms with E-state index in [0.29, 0.717) is 12.1 Å². The quantitative estimate of drug-likeness (QED) is 0.879. The van der Waals surface area contributed by atoms with Gasteiger partial charge in [0.2, 0.25) is 0 Å². The molecule has 0 amide bonds. The summed E-state index contributed by atoms with van der Waals surface area (Å²) in [5.41, 5.74) is 3.18. The van der Waals surface area contributed by atoms with Gasteiger partial charge in [0.25, 0.3) is 0 Å². The third-order valence-corrected chi connectivity index (χ3v) is 4.49. The highest BCUT2D eigenvalue weighted by Crippen LogP contribution is 2.35. The van der Waals surface area contributed by atoms with Crippen molar-refractivity contribution in [1.82, 2.24) is 10.2 Å². The van der Waals surface area contributed by atoms with Gasteiger partial charge in [-0.3, -0.25) is 4.90 Å². The molecule has 0 bridgehead atoms. The Balaban J connectivity index is 1.74. The predicted molar refractivity (Wildman–Crippen MR) is 75.8 cm³/mol. The molecular weight excluding hydrogens is 220 g/mol. The topological polar surface area (TPSA) is 15.3 Å². The molecule has 2 unspecified atom stereocenters. The molecule has 0 saturated carbocycles. The summed E-state index contributed by atoms with van der Waals surface area (Å²) in [7, 11) is 0. The zero-order valence-corrected chi connectivity index (χ0v) is 11.4. The summed E-state index contributed by atoms with van der Waals surface area (Å²) in [6.45, 7) is 5.79. The highest BCUT2D eigenvalue weighted by Gasteiger charge is 2.31. The number of likely N-dealkylation sites (N-methyl/N-ethyl adjacent to an activating group) is 1. The van der Waals surface area contributed by atoms with E-state index in [4.69, 9.17) is 0 Å². The van der Waals surface area contributed by atoms with Crippen molar-refractivity contribution in [3.63, 3.8) is 0 Å². The first kappa shape index (κ1) is 12.2. The molecule has 2 atom stereocenters. The maximum absolute atomic E-state index is 3.60. The van der Waals surface area contributed by atoms with Gasteiger partial charge in [-0.25, -0.2) is 0 Å². The summed E-state index contributed by atoms with van der Waals surface area (Å²) in [4.78, 5) is 2.70. The van der Waals surface area contributed by atoms with Gasteiger partial charge in [-0.05, 0) is 43.4 Å². The highest BCUT2D eigenvalue weighted by molar-refractivity contribution is 5.32. The molecule has 1 aromatic carbocycles. The summed E-state index contributed by atoms with van der Waals surface area (Å²) in [5.74, 6) is 0. The molecule has 1 saturated heterocycles. The number of nitrogens with one attached hydrogen (secondary N) is 1. The predicted octanol–water partition coefficient (Wildman–Crippen LogP) is 2.75. The molecule has 0 radical (unpaired) electrons. The molecule has 2 nitrogen and oxygen atoms in total. The van der Waals surface area contributed by atoms with Gasteiger partial charge in [-0.1, -0.05) is 31.2 Å². The fourth-order valence-electron chi connectivity index (χ4n) is 3.63. The molecule has 3 rings (SSSR count). The summed E-state index contributed by atoms with van der Waals surface area (Å²) < 4.78 is 0. The van der Waals surface area contributed by atoms with Crippen LogP contribution < -0.4 is 5.32 Å². The second-order valence-corrected chi connectivity index (χ2v) is 5.65. The first-order valence-corrected chi connectivity index (χ1v) is 7.43. The zero-order chi connectivity index (χ0) is 12.4. The maximum Gasteiger partial charge on any atom is 0.0351 e. The second kappa shape index (κ2) is 5.41. The zero-order valence-electron chi connectivity index (χ0n) is 11.4. The lowest BCUT2D eigenvalue weighted by Crippen LogP contribution is -2.35. The Labute approximate surface area is 110 Å². The third-order valence-electron chi connectivity index (χ3n) is 4.49. The molecule has 1 heterocycles. The van der Waals surface area contributed by atoms with E-state index in [1.165, 1.54) is 38.8 Å².